The smallest absolute Gasteiger partial charge is 0.139 e. The van der Waals surface area contributed by atoms with Gasteiger partial charge in [0.2, 0.25) is 0 Å². The summed E-state index contributed by atoms with van der Waals surface area (Å²) in [5, 5.41) is 0. The first-order valence-corrected chi connectivity index (χ1v) is 22.4. The Labute approximate surface area is 301 Å². The number of hydrogen-bond acceptors (Lipinski definition) is 1. The monoisotopic (exact) mass is 687 g/mol. The molecule has 0 saturated carbocycles. The molecule has 0 fully saturated rings. The van der Waals surface area contributed by atoms with Crippen LogP contribution in [0.25, 0.3) is 0 Å². The highest BCUT2D eigenvalue weighted by Crippen LogP contribution is 2.28. The fraction of sp³-hybridized carbons (Fsp3) is 0.977. The molecule has 0 bridgehead atoms. The standard InChI is InChI=1S/C43H84Cl2O/c1-3-5-7-9-11-13-15-17-19-21-23-25-27-29-31-35-41(37-33-39-44)43(46)42(38-34-40-45)36-32-30-28-26-24-22-20-18-16-14-12-10-8-6-4-2/h41-42H,3-40H2,1-2H3. The summed E-state index contributed by atoms with van der Waals surface area (Å²) in [5.41, 5.74) is 0. The second-order valence-corrected chi connectivity index (χ2v) is 15.7. The summed E-state index contributed by atoms with van der Waals surface area (Å²) in [7, 11) is 0. The van der Waals surface area contributed by atoms with Gasteiger partial charge in [-0.2, -0.15) is 0 Å². The van der Waals surface area contributed by atoms with Crippen molar-refractivity contribution in [3.05, 3.63) is 0 Å². The summed E-state index contributed by atoms with van der Waals surface area (Å²) in [4.78, 5) is 13.7. The van der Waals surface area contributed by atoms with Gasteiger partial charge in [-0.05, 0) is 38.5 Å². The van der Waals surface area contributed by atoms with Gasteiger partial charge in [0.25, 0.3) is 0 Å². The molecule has 2 atom stereocenters. The minimum absolute atomic E-state index is 0.220. The predicted octanol–water partition coefficient (Wildman–Crippen LogP) is 16.3. The van der Waals surface area contributed by atoms with Gasteiger partial charge in [-0.15, -0.1) is 23.2 Å². The molecule has 0 amide bonds. The van der Waals surface area contributed by atoms with E-state index in [-0.39, 0.29) is 11.8 Å². The minimum Gasteiger partial charge on any atom is -0.299 e. The van der Waals surface area contributed by atoms with Crippen molar-refractivity contribution in [2.75, 3.05) is 11.8 Å². The van der Waals surface area contributed by atoms with E-state index in [9.17, 15) is 4.79 Å². The highest BCUT2D eigenvalue weighted by molar-refractivity contribution is 6.18. The molecule has 1 nitrogen and oxygen atoms in total. The largest absolute Gasteiger partial charge is 0.299 e. The molecule has 0 aliphatic carbocycles. The Morgan fingerprint density at radius 2 is 0.522 bits per heavy atom. The van der Waals surface area contributed by atoms with Gasteiger partial charge < -0.3 is 0 Å². The molecular formula is C43H84Cl2O. The van der Waals surface area contributed by atoms with Crippen molar-refractivity contribution in [1.82, 2.24) is 0 Å². The van der Waals surface area contributed by atoms with Crippen molar-refractivity contribution < 1.29 is 4.79 Å². The summed E-state index contributed by atoms with van der Waals surface area (Å²) in [6.07, 6.45) is 47.7. The molecule has 0 aromatic carbocycles. The molecular weight excluding hydrogens is 603 g/mol. The molecule has 0 heterocycles. The lowest BCUT2D eigenvalue weighted by Crippen LogP contribution is -2.24. The van der Waals surface area contributed by atoms with Crippen LogP contribution in [0.1, 0.15) is 245 Å². The maximum atomic E-state index is 13.7. The number of ketones is 1. The SMILES string of the molecule is CCCCCCCCCCCCCCCCCC(CCCCl)C(=O)C(CCCCl)CCCCCCCCCCCCCCCCC. The molecule has 0 radical (unpaired) electrons. The molecule has 0 aromatic heterocycles. The Morgan fingerprint density at radius 1 is 0.326 bits per heavy atom. The molecule has 46 heavy (non-hydrogen) atoms. The zero-order valence-electron chi connectivity index (χ0n) is 31.7. The van der Waals surface area contributed by atoms with Crippen molar-refractivity contribution in [1.29, 1.82) is 0 Å². The first-order chi connectivity index (χ1) is 22.7. The van der Waals surface area contributed by atoms with E-state index in [1.165, 1.54) is 193 Å². The van der Waals surface area contributed by atoms with Crippen LogP contribution in [0.3, 0.4) is 0 Å². The fourth-order valence-electron chi connectivity index (χ4n) is 7.36. The third kappa shape index (κ3) is 32.8. The van der Waals surface area contributed by atoms with E-state index in [0.717, 1.165) is 38.5 Å². The number of rotatable bonds is 40. The highest BCUT2D eigenvalue weighted by Gasteiger charge is 2.25. The number of halogens is 2. The van der Waals surface area contributed by atoms with Crippen LogP contribution in [0.2, 0.25) is 0 Å². The van der Waals surface area contributed by atoms with Crippen LogP contribution in [0.5, 0.6) is 0 Å². The first-order valence-electron chi connectivity index (χ1n) is 21.4. The number of alkyl halides is 2. The lowest BCUT2D eigenvalue weighted by molar-refractivity contribution is -0.127. The van der Waals surface area contributed by atoms with Crippen molar-refractivity contribution in [2.45, 2.75) is 245 Å². The number of unbranched alkanes of at least 4 members (excludes halogenated alkanes) is 28. The van der Waals surface area contributed by atoms with Gasteiger partial charge >= 0.3 is 0 Å². The van der Waals surface area contributed by atoms with Crippen LogP contribution in [0.15, 0.2) is 0 Å². The highest BCUT2D eigenvalue weighted by atomic mass is 35.5. The molecule has 276 valence electrons. The average molecular weight is 688 g/mol. The van der Waals surface area contributed by atoms with Crippen LogP contribution in [0.4, 0.5) is 0 Å². The molecule has 2 unspecified atom stereocenters. The maximum Gasteiger partial charge on any atom is 0.139 e. The molecule has 0 spiro atoms. The topological polar surface area (TPSA) is 17.1 Å². The van der Waals surface area contributed by atoms with Gasteiger partial charge in [0.1, 0.15) is 5.78 Å². The molecule has 0 rings (SSSR count). The van der Waals surface area contributed by atoms with Crippen molar-refractivity contribution in [3.8, 4) is 0 Å². The number of carbonyl (C=O) groups is 1. The van der Waals surface area contributed by atoms with Crippen LogP contribution in [-0.2, 0) is 4.79 Å². The van der Waals surface area contributed by atoms with Gasteiger partial charge in [0, 0.05) is 23.6 Å². The van der Waals surface area contributed by atoms with E-state index < -0.39 is 0 Å². The Bertz CT molecular complexity index is 531. The zero-order valence-corrected chi connectivity index (χ0v) is 33.2. The Morgan fingerprint density at radius 3 is 0.739 bits per heavy atom. The summed E-state index contributed by atoms with van der Waals surface area (Å²) >= 11 is 12.2. The molecule has 0 aliphatic heterocycles. The Hall–Kier alpha value is 0.250. The second kappa shape index (κ2) is 39.7. The lowest BCUT2D eigenvalue weighted by atomic mass is 9.81. The third-order valence-corrected chi connectivity index (χ3v) is 11.0. The summed E-state index contributed by atoms with van der Waals surface area (Å²) in [5.74, 6) is 2.34. The quantitative estimate of drug-likeness (QED) is 0.0463. The molecule has 0 aliphatic rings. The summed E-state index contributed by atoms with van der Waals surface area (Å²) < 4.78 is 0. The van der Waals surface area contributed by atoms with E-state index >= 15 is 0 Å². The molecule has 3 heteroatoms. The van der Waals surface area contributed by atoms with Gasteiger partial charge in [0.15, 0.2) is 0 Å². The van der Waals surface area contributed by atoms with Crippen molar-refractivity contribution >= 4 is 29.0 Å². The number of carbonyl (C=O) groups excluding carboxylic acids is 1. The zero-order chi connectivity index (χ0) is 33.6. The van der Waals surface area contributed by atoms with Crippen LogP contribution in [0, 0.1) is 11.8 Å². The van der Waals surface area contributed by atoms with Gasteiger partial charge in [-0.3, -0.25) is 4.79 Å². The van der Waals surface area contributed by atoms with Crippen LogP contribution < -0.4 is 0 Å². The fourth-order valence-corrected chi connectivity index (χ4v) is 7.67. The second-order valence-electron chi connectivity index (χ2n) is 14.9. The van der Waals surface area contributed by atoms with Crippen LogP contribution >= 0.6 is 23.2 Å². The van der Waals surface area contributed by atoms with E-state index in [4.69, 9.17) is 23.2 Å². The summed E-state index contributed by atoms with van der Waals surface area (Å²) in [6, 6.07) is 0. The molecule has 0 N–H and O–H groups in total. The maximum absolute atomic E-state index is 13.7. The van der Waals surface area contributed by atoms with Crippen LogP contribution in [-0.4, -0.2) is 17.5 Å². The number of hydrogen-bond donors (Lipinski definition) is 0. The van der Waals surface area contributed by atoms with Crippen molar-refractivity contribution in [3.63, 3.8) is 0 Å². The Balaban J connectivity index is 4.05. The van der Waals surface area contributed by atoms with Gasteiger partial charge in [-0.1, -0.05) is 206 Å². The van der Waals surface area contributed by atoms with E-state index in [1.807, 2.05) is 0 Å². The van der Waals surface area contributed by atoms with E-state index in [1.54, 1.807) is 0 Å². The minimum atomic E-state index is 0.220. The van der Waals surface area contributed by atoms with Gasteiger partial charge in [0.05, 0.1) is 0 Å². The number of Topliss-reactive ketones (excluding diaryl/α,β-unsaturated/α-hetero) is 1. The molecule has 0 aromatic rings. The predicted molar refractivity (Wildman–Crippen MR) is 211 cm³/mol. The first kappa shape index (κ1) is 46.2. The van der Waals surface area contributed by atoms with E-state index in [0.29, 0.717) is 17.5 Å². The normalized spacial score (nSPS) is 13.0. The summed E-state index contributed by atoms with van der Waals surface area (Å²) in [6.45, 7) is 4.59. The van der Waals surface area contributed by atoms with Gasteiger partial charge in [-0.25, -0.2) is 0 Å². The average Bonchev–Trinajstić information content (AvgIpc) is 3.07. The molecule has 0 saturated heterocycles. The van der Waals surface area contributed by atoms with E-state index in [2.05, 4.69) is 13.8 Å². The Kier molecular flexibility index (Phi) is 39.9. The van der Waals surface area contributed by atoms with Crippen molar-refractivity contribution in [2.24, 2.45) is 11.8 Å². The lowest BCUT2D eigenvalue weighted by Gasteiger charge is -2.23. The third-order valence-electron chi connectivity index (χ3n) is 10.5.